The maximum Gasteiger partial charge on any atom is 0.158 e. The second-order valence-electron chi connectivity index (χ2n) is 3.92. The Hall–Kier alpha value is -1.19. The zero-order chi connectivity index (χ0) is 11.2. The van der Waals surface area contributed by atoms with Crippen molar-refractivity contribution in [3.63, 3.8) is 0 Å². The molecule has 0 amide bonds. The summed E-state index contributed by atoms with van der Waals surface area (Å²) in [5.74, 6) is 0. The summed E-state index contributed by atoms with van der Waals surface area (Å²) in [6.45, 7) is 1.22. The second-order valence-corrected chi connectivity index (χ2v) is 3.92. The van der Waals surface area contributed by atoms with Crippen LogP contribution in [0.25, 0.3) is 0 Å². The fourth-order valence-corrected chi connectivity index (χ4v) is 1.81. The highest BCUT2D eigenvalue weighted by Crippen LogP contribution is 2.16. The Bertz CT molecular complexity index is 343. The van der Waals surface area contributed by atoms with Gasteiger partial charge < -0.3 is 9.47 Å². The first-order chi connectivity index (χ1) is 7.90. The molecule has 0 aromatic heterocycles. The molecule has 0 bridgehead atoms. The largest absolute Gasteiger partial charge is 0.353 e. The molecule has 1 aromatic carbocycles. The van der Waals surface area contributed by atoms with Gasteiger partial charge in [-0.05, 0) is 24.8 Å². The smallest absolute Gasteiger partial charge is 0.158 e. The standard InChI is InChI=1S/C13H16O3/c14-9-11-5-1-2-6-12(11)10-16-13-7-3-4-8-15-13/h1-2,5-6,9,13H,3-4,7-8,10H2/t13-/m1/s1. The van der Waals surface area contributed by atoms with Crippen LogP contribution in [0.2, 0.25) is 0 Å². The normalized spacial score (nSPS) is 20.6. The minimum Gasteiger partial charge on any atom is -0.353 e. The topological polar surface area (TPSA) is 35.5 Å². The van der Waals surface area contributed by atoms with Crippen LogP contribution in [0.5, 0.6) is 0 Å². The number of benzene rings is 1. The first kappa shape index (κ1) is 11.3. The number of carbonyl (C=O) groups is 1. The van der Waals surface area contributed by atoms with E-state index in [1.165, 1.54) is 0 Å². The van der Waals surface area contributed by atoms with Crippen LogP contribution in [0, 0.1) is 0 Å². The third kappa shape index (κ3) is 2.90. The van der Waals surface area contributed by atoms with E-state index in [2.05, 4.69) is 0 Å². The van der Waals surface area contributed by atoms with E-state index in [-0.39, 0.29) is 6.29 Å². The van der Waals surface area contributed by atoms with Crippen LogP contribution < -0.4 is 0 Å². The van der Waals surface area contributed by atoms with Crippen molar-refractivity contribution in [2.45, 2.75) is 32.2 Å². The van der Waals surface area contributed by atoms with Crippen molar-refractivity contribution in [1.29, 1.82) is 0 Å². The predicted molar refractivity (Wildman–Crippen MR) is 60.2 cm³/mol. The van der Waals surface area contributed by atoms with Crippen LogP contribution in [-0.2, 0) is 16.1 Å². The molecule has 0 radical (unpaired) electrons. The van der Waals surface area contributed by atoms with Gasteiger partial charge in [-0.25, -0.2) is 0 Å². The van der Waals surface area contributed by atoms with E-state index in [1.807, 2.05) is 18.2 Å². The lowest BCUT2D eigenvalue weighted by molar-refractivity contribution is -0.168. The van der Waals surface area contributed by atoms with E-state index < -0.39 is 0 Å². The lowest BCUT2D eigenvalue weighted by Gasteiger charge is -2.22. The molecule has 1 atom stereocenters. The summed E-state index contributed by atoms with van der Waals surface area (Å²) in [4.78, 5) is 10.8. The molecule has 0 unspecified atom stereocenters. The highest BCUT2D eigenvalue weighted by molar-refractivity contribution is 5.76. The maximum absolute atomic E-state index is 10.8. The number of aldehydes is 1. The summed E-state index contributed by atoms with van der Waals surface area (Å²) < 4.78 is 11.1. The van der Waals surface area contributed by atoms with E-state index in [0.29, 0.717) is 12.2 Å². The first-order valence-electron chi connectivity index (χ1n) is 5.66. The highest BCUT2D eigenvalue weighted by atomic mass is 16.7. The van der Waals surface area contributed by atoms with Gasteiger partial charge in [-0.3, -0.25) is 4.79 Å². The van der Waals surface area contributed by atoms with Gasteiger partial charge in [0.1, 0.15) is 6.29 Å². The Balaban J connectivity index is 1.90. The molecule has 3 nitrogen and oxygen atoms in total. The number of rotatable bonds is 4. The molecular formula is C13H16O3. The lowest BCUT2D eigenvalue weighted by Crippen LogP contribution is -2.22. The fourth-order valence-electron chi connectivity index (χ4n) is 1.81. The second kappa shape index (κ2) is 5.77. The minimum absolute atomic E-state index is 0.103. The van der Waals surface area contributed by atoms with Gasteiger partial charge in [0.15, 0.2) is 6.29 Å². The molecule has 0 saturated carbocycles. The third-order valence-electron chi connectivity index (χ3n) is 2.74. The van der Waals surface area contributed by atoms with Crippen molar-refractivity contribution in [1.82, 2.24) is 0 Å². The van der Waals surface area contributed by atoms with Gasteiger partial charge in [0.05, 0.1) is 6.61 Å². The summed E-state index contributed by atoms with van der Waals surface area (Å²) in [5, 5.41) is 0. The zero-order valence-corrected chi connectivity index (χ0v) is 9.22. The molecule has 3 heteroatoms. The molecule has 86 valence electrons. The molecule has 1 saturated heterocycles. The molecule has 0 spiro atoms. The summed E-state index contributed by atoms with van der Waals surface area (Å²) >= 11 is 0. The molecule has 1 heterocycles. The number of carbonyl (C=O) groups excluding carboxylic acids is 1. The molecule has 1 aliphatic rings. The Kier molecular flexibility index (Phi) is 4.08. The summed E-state index contributed by atoms with van der Waals surface area (Å²) in [7, 11) is 0. The quantitative estimate of drug-likeness (QED) is 0.731. The minimum atomic E-state index is -0.103. The molecule has 1 aliphatic heterocycles. The van der Waals surface area contributed by atoms with E-state index >= 15 is 0 Å². The van der Waals surface area contributed by atoms with Gasteiger partial charge in [0.25, 0.3) is 0 Å². The average molecular weight is 220 g/mol. The predicted octanol–water partition coefficient (Wildman–Crippen LogP) is 2.54. The van der Waals surface area contributed by atoms with Crippen LogP contribution in [0.15, 0.2) is 24.3 Å². The van der Waals surface area contributed by atoms with Crippen molar-refractivity contribution >= 4 is 6.29 Å². The fraction of sp³-hybridized carbons (Fsp3) is 0.462. The van der Waals surface area contributed by atoms with Crippen molar-refractivity contribution in [3.8, 4) is 0 Å². The van der Waals surface area contributed by atoms with Gasteiger partial charge in [-0.15, -0.1) is 0 Å². The number of hydrogen-bond acceptors (Lipinski definition) is 3. The molecule has 1 aromatic rings. The molecular weight excluding hydrogens is 204 g/mol. The number of ether oxygens (including phenoxy) is 2. The van der Waals surface area contributed by atoms with Crippen LogP contribution in [0.4, 0.5) is 0 Å². The van der Waals surface area contributed by atoms with Crippen molar-refractivity contribution in [2.75, 3.05) is 6.61 Å². The van der Waals surface area contributed by atoms with Crippen molar-refractivity contribution in [2.24, 2.45) is 0 Å². The van der Waals surface area contributed by atoms with Crippen LogP contribution in [0.1, 0.15) is 35.2 Å². The van der Waals surface area contributed by atoms with Crippen molar-refractivity contribution < 1.29 is 14.3 Å². The molecule has 2 rings (SSSR count). The summed E-state index contributed by atoms with van der Waals surface area (Å²) in [6.07, 6.45) is 3.97. The van der Waals surface area contributed by atoms with Gasteiger partial charge in [0, 0.05) is 12.2 Å². The summed E-state index contributed by atoms with van der Waals surface area (Å²) in [6, 6.07) is 7.47. The maximum atomic E-state index is 10.8. The number of hydrogen-bond donors (Lipinski definition) is 0. The van der Waals surface area contributed by atoms with E-state index in [0.717, 1.165) is 37.7 Å². The van der Waals surface area contributed by atoms with Crippen LogP contribution in [0.3, 0.4) is 0 Å². The Morgan fingerprint density at radius 3 is 3.00 bits per heavy atom. The average Bonchev–Trinajstić information content (AvgIpc) is 2.38. The van der Waals surface area contributed by atoms with Gasteiger partial charge >= 0.3 is 0 Å². The SMILES string of the molecule is O=Cc1ccccc1CO[C@@H]1CCCCO1. The van der Waals surface area contributed by atoms with Gasteiger partial charge in [0.2, 0.25) is 0 Å². The zero-order valence-electron chi connectivity index (χ0n) is 9.22. The monoisotopic (exact) mass is 220 g/mol. The lowest BCUT2D eigenvalue weighted by atomic mass is 10.1. The molecule has 1 fully saturated rings. The van der Waals surface area contributed by atoms with Gasteiger partial charge in [-0.1, -0.05) is 24.3 Å². The first-order valence-corrected chi connectivity index (χ1v) is 5.66. The van der Waals surface area contributed by atoms with Crippen molar-refractivity contribution in [3.05, 3.63) is 35.4 Å². The van der Waals surface area contributed by atoms with Crippen LogP contribution >= 0.6 is 0 Å². The Labute approximate surface area is 95.4 Å². The molecule has 0 aliphatic carbocycles. The molecule has 16 heavy (non-hydrogen) atoms. The van der Waals surface area contributed by atoms with E-state index in [1.54, 1.807) is 6.07 Å². The summed E-state index contributed by atoms with van der Waals surface area (Å²) in [5.41, 5.74) is 1.62. The Morgan fingerprint density at radius 2 is 2.25 bits per heavy atom. The van der Waals surface area contributed by atoms with Gasteiger partial charge in [-0.2, -0.15) is 0 Å². The molecule has 0 N–H and O–H groups in total. The third-order valence-corrected chi connectivity index (χ3v) is 2.74. The Morgan fingerprint density at radius 1 is 1.38 bits per heavy atom. The van der Waals surface area contributed by atoms with E-state index in [9.17, 15) is 4.79 Å². The van der Waals surface area contributed by atoms with Crippen LogP contribution in [-0.4, -0.2) is 19.2 Å². The van der Waals surface area contributed by atoms with E-state index in [4.69, 9.17) is 9.47 Å². The highest BCUT2D eigenvalue weighted by Gasteiger charge is 2.14.